The third kappa shape index (κ3) is 13.2. The van der Waals surface area contributed by atoms with Gasteiger partial charge in [0.2, 0.25) is 29.5 Å². The van der Waals surface area contributed by atoms with E-state index in [1.54, 1.807) is 0 Å². The van der Waals surface area contributed by atoms with E-state index >= 15 is 0 Å². The fourth-order valence-corrected chi connectivity index (χ4v) is 5.21. The number of aliphatic carboxylic acids is 2. The fraction of sp³-hybridized carbons (Fsp3) is 0.462. The number of benzene rings is 1. The van der Waals surface area contributed by atoms with E-state index in [0.29, 0.717) is 5.56 Å². The molecule has 252 valence electrons. The molecule has 12 N–H and O–H groups in total. The van der Waals surface area contributed by atoms with Crippen molar-refractivity contribution in [3.63, 3.8) is 0 Å². The van der Waals surface area contributed by atoms with Crippen LogP contribution in [0.1, 0.15) is 24.8 Å². The largest absolute Gasteiger partial charge is 0.508 e. The highest BCUT2D eigenvalue weighted by Gasteiger charge is 2.32. The number of phenolic OH excluding ortho intramolecular Hbond substituents is 1. The number of aromatic hydroxyl groups is 1. The van der Waals surface area contributed by atoms with Crippen molar-refractivity contribution in [3.8, 4) is 5.75 Å². The van der Waals surface area contributed by atoms with Crippen LogP contribution >= 0.6 is 0 Å². The van der Waals surface area contributed by atoms with Crippen LogP contribution in [0.5, 0.6) is 5.75 Å². The smallest absolute Gasteiger partial charge is 0.327 e. The number of nitrogens with zero attached hydrogens (tertiary/aromatic N) is 1. The summed E-state index contributed by atoms with van der Waals surface area (Å²) in [6.45, 7) is -0.701. The molecule has 1 aliphatic rings. The molecular formula is C26H36N8O11S. The number of carbonyl (C=O) groups excluding carboxylic acids is 5. The number of phenols is 1. The van der Waals surface area contributed by atoms with Gasteiger partial charge in [-0.3, -0.25) is 38.0 Å². The first-order valence-corrected chi connectivity index (χ1v) is 15.2. The van der Waals surface area contributed by atoms with E-state index in [0.717, 1.165) is 0 Å². The minimum Gasteiger partial charge on any atom is -0.508 e. The van der Waals surface area contributed by atoms with Crippen molar-refractivity contribution in [1.29, 1.82) is 0 Å². The van der Waals surface area contributed by atoms with Crippen LogP contribution in [-0.4, -0.2) is 116 Å². The van der Waals surface area contributed by atoms with Gasteiger partial charge in [0.1, 0.15) is 35.7 Å². The number of carboxylic acids is 2. The molecule has 46 heavy (non-hydrogen) atoms. The topological polar surface area (TPSA) is 322 Å². The summed E-state index contributed by atoms with van der Waals surface area (Å²) in [6, 6.07) is -0.622. The number of nitrogens with one attached hydrogen (secondary N) is 5. The summed E-state index contributed by atoms with van der Waals surface area (Å²) >= 11 is 0. The van der Waals surface area contributed by atoms with Gasteiger partial charge in [0.05, 0.1) is 18.7 Å². The minimum atomic E-state index is -2.22. The molecule has 19 nitrogen and oxygen atoms in total. The Balaban J connectivity index is 2.42. The quantitative estimate of drug-likeness (QED) is 0.0673. The number of rotatable bonds is 9. The molecule has 0 aromatic heterocycles. The van der Waals surface area contributed by atoms with Gasteiger partial charge < -0.3 is 53.4 Å². The summed E-state index contributed by atoms with van der Waals surface area (Å²) in [7, 11) is -2.22. The van der Waals surface area contributed by atoms with Crippen molar-refractivity contribution in [2.45, 2.75) is 49.9 Å². The van der Waals surface area contributed by atoms with Crippen molar-refractivity contribution in [2.24, 2.45) is 16.5 Å². The number of carboxylic acid groups (broad SMARTS) is 2. The molecule has 1 aromatic carbocycles. The van der Waals surface area contributed by atoms with Gasteiger partial charge in [-0.1, -0.05) is 12.1 Å². The molecule has 1 saturated heterocycles. The van der Waals surface area contributed by atoms with Gasteiger partial charge in [0, 0.05) is 23.8 Å². The van der Waals surface area contributed by atoms with Gasteiger partial charge in [-0.25, -0.2) is 4.79 Å². The lowest BCUT2D eigenvalue weighted by Gasteiger charge is -2.24. The molecule has 0 aliphatic carbocycles. The number of aliphatic imine (C=N–C) groups is 1. The van der Waals surface area contributed by atoms with Crippen LogP contribution < -0.4 is 38.1 Å². The molecule has 1 aromatic rings. The Morgan fingerprint density at radius 1 is 0.870 bits per heavy atom. The molecular weight excluding hydrogens is 632 g/mol. The van der Waals surface area contributed by atoms with Gasteiger partial charge in [-0.05, 0) is 30.5 Å². The molecule has 1 fully saturated rings. The highest BCUT2D eigenvalue weighted by molar-refractivity contribution is 7.85. The Morgan fingerprint density at radius 3 is 2.11 bits per heavy atom. The van der Waals surface area contributed by atoms with E-state index in [1.165, 1.54) is 24.3 Å². The number of guanidine groups is 1. The first kappa shape index (κ1) is 36.9. The third-order valence-corrected chi connectivity index (χ3v) is 7.61. The maximum absolute atomic E-state index is 13.4. The van der Waals surface area contributed by atoms with Crippen LogP contribution in [0.4, 0.5) is 0 Å². The van der Waals surface area contributed by atoms with Crippen LogP contribution in [-0.2, 0) is 50.8 Å². The molecule has 5 atom stereocenters. The molecule has 0 saturated carbocycles. The Hall–Kier alpha value is -5.27. The Bertz CT molecular complexity index is 1370. The number of nitrogens with two attached hydrogens (primary N) is 2. The van der Waals surface area contributed by atoms with Gasteiger partial charge in [0.25, 0.3) is 0 Å². The lowest BCUT2D eigenvalue weighted by molar-refractivity contribution is -0.143. The zero-order valence-electron chi connectivity index (χ0n) is 24.4. The number of amides is 5. The molecule has 0 radical (unpaired) electrons. The summed E-state index contributed by atoms with van der Waals surface area (Å²) in [5, 5.41) is 39.6. The standard InChI is InChI=1S/C26H36N8O11S/c27-26(28)29-7-1-2-15-22(40)30-10-19(36)31-17(9-21(38)39)24(42)34-18(25(43)44)11-46(45)12-20(37)32-16(23(41)33-15)8-13-3-5-14(35)6-4-13/h3-6,15-18,35H,1-2,7-12H2,(H,30,40)(H,31,36)(H,32,37)(H,33,41)(H,34,42)(H,38,39)(H,43,44)(H4,27,28,29)/t15-,16+,17-,18+,46?/m0/s1. The maximum Gasteiger partial charge on any atom is 0.327 e. The van der Waals surface area contributed by atoms with Gasteiger partial charge in [0.15, 0.2) is 5.96 Å². The monoisotopic (exact) mass is 668 g/mol. The van der Waals surface area contributed by atoms with Crippen LogP contribution in [0.2, 0.25) is 0 Å². The SMILES string of the molecule is NC(N)=NCCC[C@@H]1NC(=O)[C@@H](Cc2ccc(O)cc2)NC(=O)CS(=O)C[C@H](C(=O)O)NC(=O)[C@H](CC(=O)O)NC(=O)CNC1=O. The van der Waals surface area contributed by atoms with E-state index in [2.05, 4.69) is 26.3 Å². The number of carbonyl (C=O) groups is 7. The van der Waals surface area contributed by atoms with Crippen LogP contribution in [0.3, 0.4) is 0 Å². The van der Waals surface area contributed by atoms with Crippen LogP contribution in [0.15, 0.2) is 29.3 Å². The highest BCUT2D eigenvalue weighted by Crippen LogP contribution is 2.12. The zero-order chi connectivity index (χ0) is 34.4. The Morgan fingerprint density at radius 2 is 1.50 bits per heavy atom. The summed E-state index contributed by atoms with van der Waals surface area (Å²) < 4.78 is 12.8. The molecule has 5 amide bonds. The highest BCUT2D eigenvalue weighted by atomic mass is 32.2. The molecule has 1 unspecified atom stereocenters. The minimum absolute atomic E-state index is 0.0412. The van der Waals surface area contributed by atoms with E-state index < -0.39 is 101 Å². The summed E-state index contributed by atoms with van der Waals surface area (Å²) in [6.07, 6.45) is -0.966. The lowest BCUT2D eigenvalue weighted by Crippen LogP contribution is -2.57. The van der Waals surface area contributed by atoms with E-state index in [1.807, 2.05) is 5.32 Å². The van der Waals surface area contributed by atoms with E-state index in [9.17, 15) is 53.1 Å². The van der Waals surface area contributed by atoms with E-state index in [4.69, 9.17) is 11.5 Å². The second-order valence-corrected chi connectivity index (χ2v) is 11.6. The third-order valence-electron chi connectivity index (χ3n) is 6.32. The number of hydrogen-bond donors (Lipinski definition) is 10. The number of hydrogen-bond acceptors (Lipinski definition) is 10. The molecule has 0 bridgehead atoms. The molecule has 20 heteroatoms. The summed E-state index contributed by atoms with van der Waals surface area (Å²) in [5.41, 5.74) is 11.1. The zero-order valence-corrected chi connectivity index (χ0v) is 25.2. The molecule has 0 spiro atoms. The lowest BCUT2D eigenvalue weighted by atomic mass is 10.0. The maximum atomic E-state index is 13.4. The normalized spacial score (nSPS) is 23.7. The predicted octanol–water partition coefficient (Wildman–Crippen LogP) is -4.63. The summed E-state index contributed by atoms with van der Waals surface area (Å²) in [5.74, 6) is -9.91. The average Bonchev–Trinajstić information content (AvgIpc) is 2.96. The van der Waals surface area contributed by atoms with E-state index in [-0.39, 0.29) is 37.5 Å². The second-order valence-electron chi connectivity index (χ2n) is 10.1. The van der Waals surface area contributed by atoms with Crippen LogP contribution in [0, 0.1) is 0 Å². The van der Waals surface area contributed by atoms with Crippen molar-refractivity contribution in [1.82, 2.24) is 26.6 Å². The summed E-state index contributed by atoms with van der Waals surface area (Å²) in [4.78, 5) is 91.6. The second kappa shape index (κ2) is 17.9. The molecule has 1 heterocycles. The Kier molecular flexibility index (Phi) is 14.4. The first-order chi connectivity index (χ1) is 21.6. The van der Waals surface area contributed by atoms with Crippen molar-refractivity contribution in [2.75, 3.05) is 24.6 Å². The van der Waals surface area contributed by atoms with Crippen LogP contribution in [0.25, 0.3) is 0 Å². The molecule has 1 aliphatic heterocycles. The van der Waals surface area contributed by atoms with Gasteiger partial charge in [-0.15, -0.1) is 0 Å². The first-order valence-electron chi connectivity index (χ1n) is 13.7. The Labute approximate surface area is 264 Å². The molecule has 2 rings (SSSR count). The predicted molar refractivity (Wildman–Crippen MR) is 160 cm³/mol. The van der Waals surface area contributed by atoms with Gasteiger partial charge >= 0.3 is 11.9 Å². The fourth-order valence-electron chi connectivity index (χ4n) is 4.12. The van der Waals surface area contributed by atoms with Gasteiger partial charge in [-0.2, -0.15) is 0 Å². The van der Waals surface area contributed by atoms with Crippen molar-refractivity contribution >= 4 is 58.2 Å². The van der Waals surface area contributed by atoms with Crippen molar-refractivity contribution in [3.05, 3.63) is 29.8 Å². The average molecular weight is 669 g/mol. The van der Waals surface area contributed by atoms with Crippen molar-refractivity contribution < 1.29 is 53.1 Å².